The third-order valence-corrected chi connectivity index (χ3v) is 2.21. The van der Waals surface area contributed by atoms with Gasteiger partial charge in [-0.2, -0.15) is 15.0 Å². The number of nitrogens with one attached hydrogen (secondary N) is 1. The fourth-order valence-electron chi connectivity index (χ4n) is 1.27. The van der Waals surface area contributed by atoms with Gasteiger partial charge in [-0.25, -0.2) is 4.39 Å². The van der Waals surface area contributed by atoms with Gasteiger partial charge in [0.05, 0.1) is 12.8 Å². The molecule has 0 saturated carbocycles. The molecule has 0 aliphatic rings. The summed E-state index contributed by atoms with van der Waals surface area (Å²) in [5.41, 5.74) is 5.55. The Kier molecular flexibility index (Phi) is 3.42. The zero-order chi connectivity index (χ0) is 13.1. The number of benzene rings is 1. The average molecular weight is 270 g/mol. The number of nitrogens with two attached hydrogens (primary N) is 1. The van der Waals surface area contributed by atoms with Crippen molar-refractivity contribution in [3.8, 4) is 5.75 Å². The minimum absolute atomic E-state index is 0.0548. The van der Waals surface area contributed by atoms with E-state index in [1.165, 1.54) is 25.3 Å². The summed E-state index contributed by atoms with van der Waals surface area (Å²) < 4.78 is 18.5. The largest absolute Gasteiger partial charge is 0.497 e. The molecule has 2 rings (SSSR count). The van der Waals surface area contributed by atoms with Crippen molar-refractivity contribution in [2.45, 2.75) is 0 Å². The number of nitrogen functional groups attached to an aromatic ring is 1. The van der Waals surface area contributed by atoms with Crippen molar-refractivity contribution in [3.05, 3.63) is 29.3 Å². The van der Waals surface area contributed by atoms with E-state index in [2.05, 4.69) is 20.3 Å². The molecule has 0 bridgehead atoms. The predicted octanol–water partition coefficient (Wildman–Crippen LogP) is 2.00. The lowest BCUT2D eigenvalue weighted by atomic mass is 10.3. The van der Waals surface area contributed by atoms with Gasteiger partial charge in [0.25, 0.3) is 0 Å². The number of aromatic nitrogens is 3. The van der Waals surface area contributed by atoms with E-state index in [4.69, 9.17) is 22.1 Å². The van der Waals surface area contributed by atoms with Crippen LogP contribution in [0.2, 0.25) is 5.28 Å². The number of ether oxygens (including phenoxy) is 1. The highest BCUT2D eigenvalue weighted by Crippen LogP contribution is 2.23. The molecule has 0 radical (unpaired) electrons. The number of methoxy groups -OCH3 is 1. The lowest BCUT2D eigenvalue weighted by Gasteiger charge is -2.08. The first kappa shape index (κ1) is 12.3. The van der Waals surface area contributed by atoms with Gasteiger partial charge in [0.1, 0.15) is 11.6 Å². The zero-order valence-electron chi connectivity index (χ0n) is 9.32. The maximum Gasteiger partial charge on any atom is 0.233 e. The highest BCUT2D eigenvalue weighted by molar-refractivity contribution is 6.28. The molecule has 1 aromatic heterocycles. The van der Waals surface area contributed by atoms with Crippen LogP contribution in [0.1, 0.15) is 0 Å². The molecule has 1 heterocycles. The Bertz CT molecular complexity index is 560. The average Bonchev–Trinajstić information content (AvgIpc) is 2.30. The van der Waals surface area contributed by atoms with Crippen LogP contribution in [0.3, 0.4) is 0 Å². The topological polar surface area (TPSA) is 86.0 Å². The van der Waals surface area contributed by atoms with E-state index in [0.29, 0.717) is 5.75 Å². The van der Waals surface area contributed by atoms with Crippen LogP contribution in [-0.4, -0.2) is 22.1 Å². The van der Waals surface area contributed by atoms with Crippen molar-refractivity contribution in [2.24, 2.45) is 0 Å². The molecule has 0 amide bonds. The summed E-state index contributed by atoms with van der Waals surface area (Å²) in [6.07, 6.45) is 0. The van der Waals surface area contributed by atoms with Crippen molar-refractivity contribution in [1.29, 1.82) is 0 Å². The highest BCUT2D eigenvalue weighted by atomic mass is 35.5. The van der Waals surface area contributed by atoms with Crippen LogP contribution in [0, 0.1) is 5.82 Å². The molecule has 18 heavy (non-hydrogen) atoms. The van der Waals surface area contributed by atoms with E-state index >= 15 is 0 Å². The van der Waals surface area contributed by atoms with Gasteiger partial charge in [-0.1, -0.05) is 0 Å². The molecule has 1 aromatic carbocycles. The van der Waals surface area contributed by atoms with Gasteiger partial charge in [0.15, 0.2) is 0 Å². The second-order valence-electron chi connectivity index (χ2n) is 3.26. The molecule has 0 saturated heterocycles. The van der Waals surface area contributed by atoms with Gasteiger partial charge < -0.3 is 15.8 Å². The van der Waals surface area contributed by atoms with Crippen LogP contribution in [0.5, 0.6) is 5.75 Å². The minimum Gasteiger partial charge on any atom is -0.497 e. The number of rotatable bonds is 3. The van der Waals surface area contributed by atoms with E-state index in [9.17, 15) is 4.39 Å². The second kappa shape index (κ2) is 5.01. The summed E-state index contributed by atoms with van der Waals surface area (Å²) in [6, 6.07) is 4.21. The van der Waals surface area contributed by atoms with E-state index < -0.39 is 5.82 Å². The fourth-order valence-corrected chi connectivity index (χ4v) is 1.44. The zero-order valence-corrected chi connectivity index (χ0v) is 10.1. The Morgan fingerprint density at radius 2 is 2.11 bits per heavy atom. The van der Waals surface area contributed by atoms with Crippen LogP contribution in [-0.2, 0) is 0 Å². The monoisotopic (exact) mass is 269 g/mol. The summed E-state index contributed by atoms with van der Waals surface area (Å²) in [7, 11) is 1.48. The van der Waals surface area contributed by atoms with Crippen LogP contribution in [0.25, 0.3) is 0 Å². The van der Waals surface area contributed by atoms with E-state index in [1.807, 2.05) is 0 Å². The lowest BCUT2D eigenvalue weighted by molar-refractivity contribution is 0.414. The number of halogens is 2. The first-order valence-corrected chi connectivity index (χ1v) is 5.24. The molecule has 6 nitrogen and oxygen atoms in total. The van der Waals surface area contributed by atoms with Gasteiger partial charge >= 0.3 is 0 Å². The van der Waals surface area contributed by atoms with E-state index in [-0.39, 0.29) is 22.9 Å². The summed E-state index contributed by atoms with van der Waals surface area (Å²) >= 11 is 5.61. The predicted molar refractivity (Wildman–Crippen MR) is 65.5 cm³/mol. The first-order valence-electron chi connectivity index (χ1n) is 4.86. The molecule has 0 spiro atoms. The van der Waals surface area contributed by atoms with Gasteiger partial charge in [-0.3, -0.25) is 0 Å². The molecule has 0 unspecified atom stereocenters. The molecule has 0 aliphatic carbocycles. The third-order valence-electron chi connectivity index (χ3n) is 2.05. The molecule has 2 aromatic rings. The molecule has 8 heteroatoms. The molecular formula is C10H9ClFN5O. The van der Waals surface area contributed by atoms with Crippen LogP contribution >= 0.6 is 11.6 Å². The van der Waals surface area contributed by atoms with Crippen LogP contribution in [0.4, 0.5) is 22.0 Å². The van der Waals surface area contributed by atoms with Crippen LogP contribution < -0.4 is 15.8 Å². The van der Waals surface area contributed by atoms with E-state index in [1.54, 1.807) is 0 Å². The normalized spacial score (nSPS) is 10.2. The Morgan fingerprint density at radius 1 is 1.33 bits per heavy atom. The first-order chi connectivity index (χ1) is 8.58. The molecule has 0 fully saturated rings. The smallest absolute Gasteiger partial charge is 0.233 e. The molecule has 0 aliphatic heterocycles. The van der Waals surface area contributed by atoms with Crippen molar-refractivity contribution in [3.63, 3.8) is 0 Å². The molecular weight excluding hydrogens is 261 g/mol. The van der Waals surface area contributed by atoms with Gasteiger partial charge in [0.2, 0.25) is 17.2 Å². The molecule has 94 valence electrons. The Morgan fingerprint density at radius 3 is 2.78 bits per heavy atom. The van der Waals surface area contributed by atoms with Crippen molar-refractivity contribution in [2.75, 3.05) is 18.2 Å². The van der Waals surface area contributed by atoms with Gasteiger partial charge in [-0.15, -0.1) is 0 Å². The fraction of sp³-hybridized carbons (Fsp3) is 0.100. The number of nitrogens with zero attached hydrogens (tertiary/aromatic N) is 3. The quantitative estimate of drug-likeness (QED) is 0.886. The maximum atomic E-state index is 13.5. The molecule has 0 atom stereocenters. The van der Waals surface area contributed by atoms with Crippen molar-refractivity contribution < 1.29 is 9.13 Å². The van der Waals surface area contributed by atoms with E-state index in [0.717, 1.165) is 0 Å². The highest BCUT2D eigenvalue weighted by Gasteiger charge is 2.08. The molecule has 3 N–H and O–H groups in total. The number of hydrogen-bond donors (Lipinski definition) is 2. The van der Waals surface area contributed by atoms with Gasteiger partial charge in [0, 0.05) is 6.07 Å². The van der Waals surface area contributed by atoms with Gasteiger partial charge in [-0.05, 0) is 23.7 Å². The summed E-state index contributed by atoms with van der Waals surface area (Å²) in [5.74, 6) is 0.0124. The SMILES string of the molecule is COc1ccc(F)c(Nc2nc(N)nc(Cl)n2)c1. The summed E-state index contributed by atoms with van der Waals surface area (Å²) in [6.45, 7) is 0. The third kappa shape index (κ3) is 2.75. The van der Waals surface area contributed by atoms with Crippen molar-refractivity contribution >= 4 is 29.2 Å². The summed E-state index contributed by atoms with van der Waals surface area (Å²) in [5, 5.41) is 2.57. The summed E-state index contributed by atoms with van der Waals surface area (Å²) in [4.78, 5) is 11.1. The Balaban J connectivity index is 2.33. The Hall–Kier alpha value is -2.15. The standard InChI is InChI=1S/C10H9ClFN5O/c1-18-5-2-3-6(12)7(4-5)14-10-16-8(11)15-9(13)17-10/h2-4H,1H3,(H3,13,14,15,16,17). The van der Waals surface area contributed by atoms with Crippen molar-refractivity contribution in [1.82, 2.24) is 15.0 Å². The van der Waals surface area contributed by atoms with Crippen LogP contribution in [0.15, 0.2) is 18.2 Å². The number of anilines is 3. The lowest BCUT2D eigenvalue weighted by Crippen LogP contribution is -2.04. The second-order valence-corrected chi connectivity index (χ2v) is 3.60. The maximum absolute atomic E-state index is 13.5. The minimum atomic E-state index is -0.481. The number of hydrogen-bond acceptors (Lipinski definition) is 6. The Labute approximate surface area is 107 Å².